The van der Waals surface area contributed by atoms with Gasteiger partial charge in [0.1, 0.15) is 0 Å². The van der Waals surface area contributed by atoms with Crippen LogP contribution in [0.4, 0.5) is 0 Å². The van der Waals surface area contributed by atoms with E-state index in [1.807, 2.05) is 11.0 Å². The van der Waals surface area contributed by atoms with E-state index in [1.165, 1.54) is 13.8 Å². The Hall–Kier alpha value is -1.43. The van der Waals surface area contributed by atoms with Gasteiger partial charge >= 0.3 is 8.25 Å². The molecule has 0 bridgehead atoms. The molecular weight excluding hydrogens is 235 g/mol. The molecule has 0 unspecified atom stereocenters. The van der Waals surface area contributed by atoms with E-state index in [9.17, 15) is 14.2 Å². The van der Waals surface area contributed by atoms with Gasteiger partial charge in [-0.3, -0.25) is 14.2 Å². The molecule has 7 nitrogen and oxygen atoms in total. The fourth-order valence-electron chi connectivity index (χ4n) is 0.371. The van der Waals surface area contributed by atoms with Gasteiger partial charge in [-0.1, -0.05) is 13.2 Å². The number of amides is 2. The van der Waals surface area contributed by atoms with E-state index >= 15 is 0 Å². The largest absolute Gasteiger partial charge is 0.361 e. The Morgan fingerprint density at radius 2 is 1.31 bits per heavy atom. The SMILES string of the molecule is C=C(C)C(=O)NO[PH](=O)ONC(=O)C(=C)C. The second kappa shape index (κ2) is 6.95. The number of hydrogen-bond donors (Lipinski definition) is 2. The third-order valence-corrected chi connectivity index (χ3v) is 1.77. The van der Waals surface area contributed by atoms with Crippen molar-refractivity contribution in [3.8, 4) is 0 Å². The van der Waals surface area contributed by atoms with Crippen LogP contribution in [0.2, 0.25) is 0 Å². The molecule has 0 aliphatic heterocycles. The van der Waals surface area contributed by atoms with Crippen molar-refractivity contribution < 1.29 is 23.4 Å². The van der Waals surface area contributed by atoms with E-state index in [-0.39, 0.29) is 11.1 Å². The van der Waals surface area contributed by atoms with Gasteiger partial charge in [0, 0.05) is 11.1 Å². The third kappa shape index (κ3) is 6.13. The van der Waals surface area contributed by atoms with Crippen molar-refractivity contribution in [2.75, 3.05) is 0 Å². The molecule has 2 N–H and O–H groups in total. The first-order valence-corrected chi connectivity index (χ1v) is 5.36. The van der Waals surface area contributed by atoms with Gasteiger partial charge in [-0.15, -0.1) is 0 Å². The summed E-state index contributed by atoms with van der Waals surface area (Å²) in [6.45, 7) is 9.54. The summed E-state index contributed by atoms with van der Waals surface area (Å²) in [5.74, 6) is -1.26. The Balaban J connectivity index is 3.84. The summed E-state index contributed by atoms with van der Waals surface area (Å²) in [6.07, 6.45) is 0. The van der Waals surface area contributed by atoms with Gasteiger partial charge in [0.2, 0.25) is 0 Å². The zero-order chi connectivity index (χ0) is 12.7. The Labute approximate surface area is 93.4 Å². The summed E-state index contributed by atoms with van der Waals surface area (Å²) >= 11 is 0. The highest BCUT2D eigenvalue weighted by Gasteiger charge is 2.08. The van der Waals surface area contributed by atoms with Crippen molar-refractivity contribution in [2.24, 2.45) is 0 Å². The van der Waals surface area contributed by atoms with Crippen LogP contribution in [0, 0.1) is 0 Å². The maximum Gasteiger partial charge on any atom is 0.361 e. The topological polar surface area (TPSA) is 93.7 Å². The highest BCUT2D eigenvalue weighted by molar-refractivity contribution is 7.33. The monoisotopic (exact) mass is 248 g/mol. The van der Waals surface area contributed by atoms with E-state index in [2.05, 4.69) is 22.4 Å². The average Bonchev–Trinajstić information content (AvgIpc) is 2.21. The Morgan fingerprint density at radius 1 is 1.00 bits per heavy atom. The van der Waals surface area contributed by atoms with Crippen molar-refractivity contribution >= 4 is 20.1 Å². The van der Waals surface area contributed by atoms with Crippen LogP contribution in [-0.4, -0.2) is 11.8 Å². The van der Waals surface area contributed by atoms with Crippen LogP contribution in [0.3, 0.4) is 0 Å². The Bertz CT molecular complexity index is 320. The molecule has 8 heteroatoms. The molecule has 2 amide bonds. The molecule has 90 valence electrons. The quantitative estimate of drug-likeness (QED) is 0.408. The lowest BCUT2D eigenvalue weighted by Gasteiger charge is -2.06. The average molecular weight is 248 g/mol. The molecule has 0 saturated carbocycles. The molecule has 0 rings (SSSR count). The molecule has 0 heterocycles. The zero-order valence-corrected chi connectivity index (χ0v) is 9.96. The molecule has 16 heavy (non-hydrogen) atoms. The molecule has 0 aromatic carbocycles. The zero-order valence-electron chi connectivity index (χ0n) is 8.96. The van der Waals surface area contributed by atoms with Crippen LogP contribution < -0.4 is 11.0 Å². The number of carbonyl (C=O) groups excluding carboxylic acids is 2. The summed E-state index contributed by atoms with van der Waals surface area (Å²) in [5, 5.41) is 0. The molecule has 0 aromatic rings. The van der Waals surface area contributed by atoms with Gasteiger partial charge in [-0.2, -0.15) is 9.25 Å². The first-order chi connectivity index (χ1) is 7.34. The minimum atomic E-state index is -3.04. The maximum atomic E-state index is 10.9. The van der Waals surface area contributed by atoms with Crippen LogP contribution in [0.5, 0.6) is 0 Å². The predicted molar refractivity (Wildman–Crippen MR) is 57.1 cm³/mol. The molecular formula is C8H13N2O5P. The first-order valence-electron chi connectivity index (χ1n) is 4.14. The van der Waals surface area contributed by atoms with E-state index < -0.39 is 20.1 Å². The first kappa shape index (κ1) is 14.6. The lowest BCUT2D eigenvalue weighted by molar-refractivity contribution is -0.125. The summed E-state index contributed by atoms with van der Waals surface area (Å²) < 4.78 is 19.6. The number of hydrogen-bond acceptors (Lipinski definition) is 5. The third-order valence-electron chi connectivity index (χ3n) is 1.23. The Kier molecular flexibility index (Phi) is 6.32. The van der Waals surface area contributed by atoms with Gasteiger partial charge in [0.25, 0.3) is 11.8 Å². The van der Waals surface area contributed by atoms with E-state index in [0.717, 1.165) is 0 Å². The standard InChI is InChI=1S/C8H13N2O5P/c1-5(2)7(11)9-14-16(13)15-10-8(12)6(3)4/h16H,1,3H2,2,4H3,(H,9,11)(H,10,12). The van der Waals surface area contributed by atoms with E-state index in [0.29, 0.717) is 0 Å². The van der Waals surface area contributed by atoms with Crippen LogP contribution in [0.15, 0.2) is 24.3 Å². The van der Waals surface area contributed by atoms with Crippen molar-refractivity contribution in [1.82, 2.24) is 11.0 Å². The Morgan fingerprint density at radius 3 is 1.56 bits per heavy atom. The molecule has 0 radical (unpaired) electrons. The number of carbonyl (C=O) groups is 2. The van der Waals surface area contributed by atoms with Gasteiger partial charge in [0.05, 0.1) is 0 Å². The van der Waals surface area contributed by atoms with Crippen LogP contribution in [0.1, 0.15) is 13.8 Å². The van der Waals surface area contributed by atoms with Crippen molar-refractivity contribution in [3.63, 3.8) is 0 Å². The van der Waals surface area contributed by atoms with Gasteiger partial charge < -0.3 is 0 Å². The summed E-state index contributed by atoms with van der Waals surface area (Å²) in [7, 11) is -3.04. The minimum Gasteiger partial charge on any atom is -0.267 e. The fraction of sp³-hybridized carbons (Fsp3) is 0.250. The van der Waals surface area contributed by atoms with E-state index in [1.54, 1.807) is 0 Å². The van der Waals surface area contributed by atoms with Crippen LogP contribution >= 0.6 is 8.25 Å². The molecule has 0 spiro atoms. The molecule has 0 aliphatic carbocycles. The molecule has 0 saturated heterocycles. The molecule has 0 aliphatic rings. The fourth-order valence-corrected chi connectivity index (χ4v) is 0.765. The molecule has 0 fully saturated rings. The number of rotatable bonds is 6. The summed E-state index contributed by atoms with van der Waals surface area (Å²) in [6, 6.07) is 0. The second-order valence-corrected chi connectivity index (χ2v) is 3.79. The smallest absolute Gasteiger partial charge is 0.267 e. The summed E-state index contributed by atoms with van der Waals surface area (Å²) in [5.41, 5.74) is 4.02. The van der Waals surface area contributed by atoms with Crippen molar-refractivity contribution in [2.45, 2.75) is 13.8 Å². The lowest BCUT2D eigenvalue weighted by Crippen LogP contribution is -2.24. The van der Waals surface area contributed by atoms with Crippen LogP contribution in [-0.2, 0) is 23.4 Å². The predicted octanol–water partition coefficient (Wildman–Crippen LogP) is 0.624. The lowest BCUT2D eigenvalue weighted by atomic mass is 10.3. The molecule has 0 aromatic heterocycles. The normalized spacial score (nSPS) is 9.69. The number of hydroxylamine groups is 2. The van der Waals surface area contributed by atoms with Gasteiger partial charge in [-0.25, -0.2) is 11.0 Å². The van der Waals surface area contributed by atoms with Crippen LogP contribution in [0.25, 0.3) is 0 Å². The maximum absolute atomic E-state index is 10.9. The number of nitrogens with one attached hydrogen (secondary N) is 2. The van der Waals surface area contributed by atoms with E-state index in [4.69, 9.17) is 0 Å². The van der Waals surface area contributed by atoms with Crippen molar-refractivity contribution in [3.05, 3.63) is 24.3 Å². The molecule has 0 atom stereocenters. The highest BCUT2D eigenvalue weighted by atomic mass is 31.1. The van der Waals surface area contributed by atoms with Gasteiger partial charge in [-0.05, 0) is 13.8 Å². The summed E-state index contributed by atoms with van der Waals surface area (Å²) in [4.78, 5) is 21.8. The van der Waals surface area contributed by atoms with Gasteiger partial charge in [0.15, 0.2) is 0 Å². The second-order valence-electron chi connectivity index (χ2n) is 2.88. The van der Waals surface area contributed by atoms with Crippen molar-refractivity contribution in [1.29, 1.82) is 0 Å². The minimum absolute atomic E-state index is 0.181. The highest BCUT2D eigenvalue weighted by Crippen LogP contribution is 2.19.